The first-order valence-electron chi connectivity index (χ1n) is 11.6. The van der Waals surface area contributed by atoms with Crippen LogP contribution in [-0.2, 0) is 13.1 Å². The molecular formula is C28H30Cl2N4O2. The van der Waals surface area contributed by atoms with Gasteiger partial charge < -0.3 is 19.5 Å². The molecule has 6 nitrogen and oxygen atoms in total. The van der Waals surface area contributed by atoms with Crippen LogP contribution >= 0.6 is 24.8 Å². The summed E-state index contributed by atoms with van der Waals surface area (Å²) >= 11 is 0. The summed E-state index contributed by atoms with van der Waals surface area (Å²) in [4.78, 5) is 25.2. The Bertz CT molecular complexity index is 1270. The van der Waals surface area contributed by atoms with Crippen molar-refractivity contribution in [3.05, 3.63) is 102 Å². The Morgan fingerprint density at radius 3 is 2.56 bits per heavy atom. The van der Waals surface area contributed by atoms with Crippen LogP contribution in [0.25, 0.3) is 11.1 Å². The zero-order valence-electron chi connectivity index (χ0n) is 20.1. The lowest BCUT2D eigenvalue weighted by atomic mass is 10.0. The van der Waals surface area contributed by atoms with Crippen molar-refractivity contribution in [2.75, 3.05) is 24.6 Å². The lowest BCUT2D eigenvalue weighted by molar-refractivity contribution is 0.0751. The minimum absolute atomic E-state index is 0. The SMILES string of the molecule is CCOc1cccc(C(=O)N2CCN(Cc3c[nH]cn3)c3ccc(-c4ccccc4)cc3C2)c1.Cl.Cl. The Morgan fingerprint density at radius 1 is 0.972 bits per heavy atom. The van der Waals surface area contributed by atoms with E-state index >= 15 is 0 Å². The van der Waals surface area contributed by atoms with Crippen LogP contribution in [0.3, 0.4) is 0 Å². The molecule has 0 radical (unpaired) electrons. The first-order valence-corrected chi connectivity index (χ1v) is 11.6. The van der Waals surface area contributed by atoms with Gasteiger partial charge in [0.2, 0.25) is 0 Å². The largest absolute Gasteiger partial charge is 0.494 e. The molecule has 1 aliphatic heterocycles. The van der Waals surface area contributed by atoms with E-state index in [-0.39, 0.29) is 30.7 Å². The number of carbonyl (C=O) groups is 1. The normalized spacial score (nSPS) is 12.6. The van der Waals surface area contributed by atoms with Crippen LogP contribution in [0, 0.1) is 0 Å². The van der Waals surface area contributed by atoms with Crippen molar-refractivity contribution >= 4 is 36.4 Å². The number of amides is 1. The van der Waals surface area contributed by atoms with E-state index in [9.17, 15) is 4.79 Å². The monoisotopic (exact) mass is 524 g/mol. The summed E-state index contributed by atoms with van der Waals surface area (Å²) in [7, 11) is 0. The summed E-state index contributed by atoms with van der Waals surface area (Å²) in [5.74, 6) is 0.731. The molecule has 0 unspecified atom stereocenters. The number of nitrogens with one attached hydrogen (secondary N) is 1. The van der Waals surface area contributed by atoms with Gasteiger partial charge in [-0.2, -0.15) is 0 Å². The molecule has 2 heterocycles. The van der Waals surface area contributed by atoms with E-state index in [0.717, 1.165) is 40.4 Å². The molecule has 0 saturated carbocycles. The van der Waals surface area contributed by atoms with Crippen LogP contribution in [0.5, 0.6) is 5.75 Å². The zero-order valence-corrected chi connectivity index (χ0v) is 21.7. The Labute approximate surface area is 224 Å². The summed E-state index contributed by atoms with van der Waals surface area (Å²) in [5, 5.41) is 0. The first-order chi connectivity index (χ1) is 16.7. The molecule has 1 aromatic heterocycles. The quantitative estimate of drug-likeness (QED) is 0.337. The lowest BCUT2D eigenvalue weighted by Gasteiger charge is -2.24. The van der Waals surface area contributed by atoms with Crippen LogP contribution in [0.2, 0.25) is 0 Å². The van der Waals surface area contributed by atoms with Crippen LogP contribution in [0.4, 0.5) is 5.69 Å². The van der Waals surface area contributed by atoms with Crippen LogP contribution < -0.4 is 9.64 Å². The van der Waals surface area contributed by atoms with Crippen molar-refractivity contribution in [2.24, 2.45) is 0 Å². The fourth-order valence-electron chi connectivity index (χ4n) is 4.46. The maximum atomic E-state index is 13.5. The van der Waals surface area contributed by atoms with Gasteiger partial charge in [0.25, 0.3) is 5.91 Å². The van der Waals surface area contributed by atoms with Crippen molar-refractivity contribution in [1.29, 1.82) is 0 Å². The van der Waals surface area contributed by atoms with Crippen LogP contribution in [-0.4, -0.2) is 40.5 Å². The average molecular weight is 525 g/mol. The number of hydrogen-bond donors (Lipinski definition) is 1. The summed E-state index contributed by atoms with van der Waals surface area (Å²) in [6, 6.07) is 24.3. The molecule has 0 saturated heterocycles. The van der Waals surface area contributed by atoms with Gasteiger partial charge in [-0.25, -0.2) is 4.98 Å². The number of hydrogen-bond acceptors (Lipinski definition) is 4. The molecule has 0 atom stereocenters. The minimum Gasteiger partial charge on any atom is -0.494 e. The summed E-state index contributed by atoms with van der Waals surface area (Å²) in [6.45, 7) is 5.09. The van der Waals surface area contributed by atoms with E-state index < -0.39 is 0 Å². The molecule has 0 bridgehead atoms. The van der Waals surface area contributed by atoms with Crippen molar-refractivity contribution < 1.29 is 9.53 Å². The minimum atomic E-state index is 0. The third-order valence-electron chi connectivity index (χ3n) is 6.12. The highest BCUT2D eigenvalue weighted by atomic mass is 35.5. The predicted molar refractivity (Wildman–Crippen MR) is 148 cm³/mol. The molecule has 0 aliphatic carbocycles. The number of halogens is 2. The fraction of sp³-hybridized carbons (Fsp3) is 0.214. The molecule has 188 valence electrons. The Hall–Kier alpha value is -3.48. The molecule has 0 fully saturated rings. The summed E-state index contributed by atoms with van der Waals surface area (Å²) < 4.78 is 5.62. The molecule has 8 heteroatoms. The van der Waals surface area contributed by atoms with Gasteiger partial charge >= 0.3 is 0 Å². The molecule has 1 aliphatic rings. The topological polar surface area (TPSA) is 61.5 Å². The average Bonchev–Trinajstić information content (AvgIpc) is 3.32. The van der Waals surface area contributed by atoms with E-state index in [1.807, 2.05) is 60.5 Å². The van der Waals surface area contributed by atoms with Crippen molar-refractivity contribution in [1.82, 2.24) is 14.9 Å². The number of fused-ring (bicyclic) bond motifs is 1. The van der Waals surface area contributed by atoms with Gasteiger partial charge in [-0.1, -0.05) is 42.5 Å². The lowest BCUT2D eigenvalue weighted by Crippen LogP contribution is -2.35. The van der Waals surface area contributed by atoms with Gasteiger partial charge in [-0.05, 0) is 53.9 Å². The fourth-order valence-corrected chi connectivity index (χ4v) is 4.46. The van der Waals surface area contributed by atoms with Gasteiger partial charge in [0.1, 0.15) is 5.75 Å². The highest BCUT2D eigenvalue weighted by Gasteiger charge is 2.25. The van der Waals surface area contributed by atoms with Crippen molar-refractivity contribution in [3.8, 4) is 16.9 Å². The molecule has 36 heavy (non-hydrogen) atoms. The number of carbonyl (C=O) groups excluding carboxylic acids is 1. The maximum absolute atomic E-state index is 13.5. The predicted octanol–water partition coefficient (Wildman–Crippen LogP) is 5.98. The number of benzene rings is 3. The molecular weight excluding hydrogens is 495 g/mol. The smallest absolute Gasteiger partial charge is 0.254 e. The van der Waals surface area contributed by atoms with E-state index in [2.05, 4.69) is 45.2 Å². The van der Waals surface area contributed by atoms with Crippen LogP contribution in [0.1, 0.15) is 28.5 Å². The standard InChI is InChI=1S/C28H28N4O2.2ClH/c1-2-34-26-10-6-9-23(16-26)28(33)32-14-13-31(19-25-17-29-20-30-25)27-12-11-22(15-24(27)18-32)21-7-4-3-5-8-21;;/h3-12,15-17,20H,2,13-14,18-19H2,1H3,(H,29,30);2*1H. The molecule has 3 aromatic carbocycles. The van der Waals surface area contributed by atoms with Gasteiger partial charge in [0.05, 0.1) is 25.2 Å². The third-order valence-corrected chi connectivity index (χ3v) is 6.12. The van der Waals surface area contributed by atoms with Gasteiger partial charge in [0.15, 0.2) is 0 Å². The Morgan fingerprint density at radius 2 is 1.81 bits per heavy atom. The third kappa shape index (κ3) is 6.01. The van der Waals surface area contributed by atoms with Gasteiger partial charge in [-0.15, -0.1) is 24.8 Å². The zero-order chi connectivity index (χ0) is 23.3. The van der Waals surface area contributed by atoms with Crippen molar-refractivity contribution in [2.45, 2.75) is 20.0 Å². The number of nitrogens with zero attached hydrogens (tertiary/aromatic N) is 3. The number of H-pyrrole nitrogens is 1. The number of anilines is 1. The van der Waals surface area contributed by atoms with Gasteiger partial charge in [-0.3, -0.25) is 4.79 Å². The second kappa shape index (κ2) is 12.5. The number of ether oxygens (including phenoxy) is 1. The van der Waals surface area contributed by atoms with Crippen molar-refractivity contribution in [3.63, 3.8) is 0 Å². The molecule has 4 aromatic rings. The second-order valence-electron chi connectivity index (χ2n) is 8.38. The number of aromatic amines is 1. The summed E-state index contributed by atoms with van der Waals surface area (Å²) in [6.07, 6.45) is 3.62. The highest BCUT2D eigenvalue weighted by Crippen LogP contribution is 2.32. The van der Waals surface area contributed by atoms with E-state index in [0.29, 0.717) is 31.8 Å². The highest BCUT2D eigenvalue weighted by molar-refractivity contribution is 5.95. The molecule has 1 N–H and O–H groups in total. The van der Waals surface area contributed by atoms with Gasteiger partial charge in [0, 0.05) is 37.1 Å². The second-order valence-corrected chi connectivity index (χ2v) is 8.38. The van der Waals surface area contributed by atoms with E-state index in [1.165, 1.54) is 0 Å². The maximum Gasteiger partial charge on any atom is 0.254 e. The first kappa shape index (κ1) is 27.1. The Kier molecular flexibility index (Phi) is 9.39. The summed E-state index contributed by atoms with van der Waals surface area (Å²) in [5.41, 5.74) is 6.20. The van der Waals surface area contributed by atoms with E-state index in [4.69, 9.17) is 4.74 Å². The Balaban J connectivity index is 0.00000180. The molecule has 0 spiro atoms. The number of rotatable bonds is 6. The van der Waals surface area contributed by atoms with E-state index in [1.54, 1.807) is 6.33 Å². The number of aromatic nitrogens is 2. The van der Waals surface area contributed by atoms with Crippen LogP contribution in [0.15, 0.2) is 85.3 Å². The number of imidazole rings is 1. The molecule has 5 rings (SSSR count). The molecule has 1 amide bonds.